The first-order valence-corrected chi connectivity index (χ1v) is 17.3. The Morgan fingerprint density at radius 3 is 2.47 bits per heavy atom. The maximum Gasteiger partial charge on any atom is 0.167 e. The first kappa shape index (κ1) is 27.0. The van der Waals surface area contributed by atoms with E-state index in [4.69, 9.17) is 4.52 Å². The van der Waals surface area contributed by atoms with Crippen LogP contribution in [0.4, 0.5) is 4.39 Å². The van der Waals surface area contributed by atoms with Gasteiger partial charge in [0.2, 0.25) is 0 Å². The van der Waals surface area contributed by atoms with Crippen LogP contribution in [0.15, 0.2) is 63.7 Å². The van der Waals surface area contributed by atoms with Gasteiger partial charge in [0.1, 0.15) is 20.9 Å². The fourth-order valence-electron chi connectivity index (χ4n) is 4.04. The third-order valence-electron chi connectivity index (χ3n) is 5.97. The fraction of sp³-hybridized carbons (Fsp3) is 0.333. The molecule has 36 heavy (non-hydrogen) atoms. The average Bonchev–Trinajstić information content (AvgIpc) is 3.23. The first-order valence-electron chi connectivity index (χ1n) is 11.8. The topological polar surface area (TPSA) is 74.0 Å². The quantitative estimate of drug-likeness (QED) is 0.148. The van der Waals surface area contributed by atoms with Gasteiger partial charge in [-0.2, -0.15) is 0 Å². The molecule has 0 fully saturated rings. The highest BCUT2D eigenvalue weighted by atomic mass is 79.9. The summed E-state index contributed by atoms with van der Waals surface area (Å²) in [5, 5.41) is 5.95. The van der Waals surface area contributed by atoms with Crippen molar-refractivity contribution in [3.05, 3.63) is 76.3 Å². The van der Waals surface area contributed by atoms with Gasteiger partial charge in [-0.05, 0) is 65.7 Å². The Hall–Kier alpha value is -2.04. The Labute approximate surface area is 224 Å². The van der Waals surface area contributed by atoms with Crippen molar-refractivity contribution < 1.29 is 13.5 Å². The minimum absolute atomic E-state index is 0.220. The lowest BCUT2D eigenvalue weighted by Crippen LogP contribution is -2.43. The number of halogens is 2. The zero-order valence-corrected chi connectivity index (χ0v) is 24.8. The van der Waals surface area contributed by atoms with Crippen LogP contribution in [0.3, 0.4) is 0 Å². The van der Waals surface area contributed by atoms with Gasteiger partial charge < -0.3 is 9.08 Å². The lowest BCUT2D eigenvalue weighted by Gasteiger charge is -2.29. The van der Waals surface area contributed by atoms with E-state index in [1.165, 1.54) is 0 Å². The molecule has 2 atom stereocenters. The molecule has 0 aliphatic rings. The molecule has 190 valence electrons. The number of nitrogens with zero attached hydrogens (tertiary/aromatic N) is 2. The molecule has 1 N–H and O–H groups in total. The summed E-state index contributed by atoms with van der Waals surface area (Å²) in [6.45, 7) is 12.0. The summed E-state index contributed by atoms with van der Waals surface area (Å²) < 4.78 is 38.0. The number of rotatable bonds is 7. The summed E-state index contributed by atoms with van der Waals surface area (Å²) in [4.78, 5) is 4.51. The number of aromatic nitrogens is 2. The molecule has 0 amide bonds. The van der Waals surface area contributed by atoms with E-state index < -0.39 is 30.2 Å². The second-order valence-electron chi connectivity index (χ2n) is 10.9. The highest BCUT2D eigenvalue weighted by Gasteiger charge is 2.33. The molecule has 4 rings (SSSR count). The van der Waals surface area contributed by atoms with E-state index in [1.807, 2.05) is 69.3 Å². The molecule has 0 aliphatic carbocycles. The van der Waals surface area contributed by atoms with Crippen molar-refractivity contribution in [1.29, 1.82) is 0 Å². The first-order chi connectivity index (χ1) is 16.9. The number of hydrogen-bond acceptors (Lipinski definition) is 5. The molecule has 5 nitrogen and oxygen atoms in total. The van der Waals surface area contributed by atoms with Crippen molar-refractivity contribution in [3.63, 3.8) is 0 Å². The van der Waals surface area contributed by atoms with Gasteiger partial charge >= 0.3 is 0 Å². The van der Waals surface area contributed by atoms with Gasteiger partial charge in [0, 0.05) is 28.7 Å². The molecule has 0 saturated heterocycles. The van der Waals surface area contributed by atoms with Gasteiger partial charge in [-0.3, -0.25) is 0 Å². The number of benzene rings is 2. The number of para-hydroxylation sites is 1. The summed E-state index contributed by atoms with van der Waals surface area (Å²) >= 11 is 2.08. The van der Waals surface area contributed by atoms with Crippen LogP contribution in [0, 0.1) is 5.82 Å². The van der Waals surface area contributed by atoms with Gasteiger partial charge in [0.15, 0.2) is 5.58 Å². The van der Waals surface area contributed by atoms with Crippen molar-refractivity contribution in [3.8, 4) is 11.3 Å². The normalized spacial score (nSPS) is 14.2. The minimum Gasteiger partial charge on any atom is -0.598 e. The van der Waals surface area contributed by atoms with E-state index in [9.17, 15) is 4.55 Å². The summed E-state index contributed by atoms with van der Waals surface area (Å²) in [5.74, 6) is -0.282. The molecule has 0 bridgehead atoms. The monoisotopic (exact) mass is 587 g/mol. The molecular weight excluding hydrogens is 557 g/mol. The molecule has 9 heteroatoms. The predicted octanol–water partition coefficient (Wildman–Crippen LogP) is 6.67. The molecule has 0 saturated carbocycles. The zero-order valence-electron chi connectivity index (χ0n) is 21.4. The van der Waals surface area contributed by atoms with E-state index >= 15 is 4.39 Å². The maximum absolute atomic E-state index is 15.8. The fourth-order valence-corrected chi connectivity index (χ4v) is 6.89. The van der Waals surface area contributed by atoms with E-state index in [0.717, 1.165) is 16.5 Å². The van der Waals surface area contributed by atoms with Crippen LogP contribution in [0.2, 0.25) is 19.6 Å². The Bertz CT molecular complexity index is 1380. The zero-order chi connectivity index (χ0) is 26.3. The van der Waals surface area contributed by atoms with Crippen LogP contribution in [0.1, 0.15) is 38.1 Å². The van der Waals surface area contributed by atoms with E-state index in [0.29, 0.717) is 26.8 Å². The smallest absolute Gasteiger partial charge is 0.167 e. The average molecular weight is 589 g/mol. The minimum atomic E-state index is -1.97. The van der Waals surface area contributed by atoms with Crippen LogP contribution in [0.5, 0.6) is 0 Å². The predicted molar refractivity (Wildman–Crippen MR) is 152 cm³/mol. The van der Waals surface area contributed by atoms with Gasteiger partial charge in [0.05, 0.1) is 19.8 Å². The van der Waals surface area contributed by atoms with Crippen LogP contribution >= 0.6 is 15.9 Å². The van der Waals surface area contributed by atoms with E-state index in [-0.39, 0.29) is 12.2 Å². The van der Waals surface area contributed by atoms with Crippen molar-refractivity contribution in [2.75, 3.05) is 0 Å². The number of fused-ring (bicyclic) bond motifs is 1. The molecule has 4 aromatic rings. The molecule has 2 aromatic heterocycles. The van der Waals surface area contributed by atoms with Crippen molar-refractivity contribution in [2.45, 2.75) is 57.6 Å². The largest absolute Gasteiger partial charge is 0.598 e. The molecule has 0 radical (unpaired) electrons. The van der Waals surface area contributed by atoms with Crippen LogP contribution < -0.4 is 9.91 Å². The highest BCUT2D eigenvalue weighted by molar-refractivity contribution is 9.10. The van der Waals surface area contributed by atoms with Crippen LogP contribution in [-0.2, 0) is 17.8 Å². The summed E-state index contributed by atoms with van der Waals surface area (Å²) in [6, 6.07) is 16.8. The van der Waals surface area contributed by atoms with Gasteiger partial charge in [-0.15, -0.1) is 4.72 Å². The third-order valence-corrected chi connectivity index (χ3v) is 9.97. The summed E-state index contributed by atoms with van der Waals surface area (Å²) in [5.41, 5.74) is 3.41. The van der Waals surface area contributed by atoms with Crippen molar-refractivity contribution in [1.82, 2.24) is 14.9 Å². The van der Waals surface area contributed by atoms with Crippen molar-refractivity contribution in [2.24, 2.45) is 0 Å². The van der Waals surface area contributed by atoms with Crippen LogP contribution in [-0.4, -0.2) is 27.5 Å². The highest BCUT2D eigenvalue weighted by Crippen LogP contribution is 2.35. The SMILES string of the molecule is CC(C)(C)[S+]([O-])N[C@@H](Cc1nc(Br)cc([Si](C)(C)C)c1F)c1ccccc1-c1noc2ccccc12. The van der Waals surface area contributed by atoms with Gasteiger partial charge in [0.25, 0.3) is 0 Å². The summed E-state index contributed by atoms with van der Waals surface area (Å²) in [6.07, 6.45) is 0.220. The maximum atomic E-state index is 15.8. The molecular formula is C27H31BrFN3O2SSi. The number of pyridine rings is 1. The van der Waals surface area contributed by atoms with Crippen molar-refractivity contribution >= 4 is 51.5 Å². The second-order valence-corrected chi connectivity index (χ2v) is 18.7. The number of hydrogen-bond donors (Lipinski definition) is 1. The van der Waals surface area contributed by atoms with Gasteiger partial charge in [-0.25, -0.2) is 9.37 Å². The van der Waals surface area contributed by atoms with Crippen LogP contribution in [0.25, 0.3) is 22.2 Å². The molecule has 0 spiro atoms. The lowest BCUT2D eigenvalue weighted by atomic mass is 9.94. The molecule has 1 unspecified atom stereocenters. The molecule has 0 aliphatic heterocycles. The third kappa shape index (κ3) is 5.75. The Kier molecular flexibility index (Phi) is 7.78. The Morgan fingerprint density at radius 2 is 1.78 bits per heavy atom. The Balaban J connectivity index is 1.85. The molecule has 2 heterocycles. The molecule has 2 aromatic carbocycles. The lowest BCUT2D eigenvalue weighted by molar-refractivity contribution is 0.459. The Morgan fingerprint density at radius 1 is 1.11 bits per heavy atom. The second kappa shape index (κ2) is 10.4. The standard InChI is InChI=1S/C27H31BrFN3O2SSi/c1-27(2,3)35(33)32-20(15-21-25(29)23(36(4,5)6)16-24(28)30-21)17-11-7-8-12-18(17)26-19-13-9-10-14-22(19)34-31-26/h7-14,16,20,32H,15H2,1-6H3/t20-,35?/m0/s1. The summed E-state index contributed by atoms with van der Waals surface area (Å²) in [7, 11) is -1.97. The van der Waals surface area contributed by atoms with E-state index in [1.54, 1.807) is 6.07 Å². The number of nitrogens with one attached hydrogen (secondary N) is 1. The van der Waals surface area contributed by atoms with Gasteiger partial charge in [-0.1, -0.05) is 61.2 Å². The van der Waals surface area contributed by atoms with E-state index in [2.05, 4.69) is 50.4 Å².